The highest BCUT2D eigenvalue weighted by Gasteiger charge is 2.12. The van der Waals surface area contributed by atoms with E-state index in [0.29, 0.717) is 0 Å². The number of aliphatic imine (C=N–C) groups is 1. The lowest BCUT2D eigenvalue weighted by Gasteiger charge is -2.15. The van der Waals surface area contributed by atoms with Crippen molar-refractivity contribution >= 4 is 22.6 Å². The molecular formula is C18H19N3S. The highest BCUT2D eigenvalue weighted by Crippen LogP contribution is 2.14. The largest absolute Gasteiger partial charge is 0.261 e. The Morgan fingerprint density at radius 1 is 1.09 bits per heavy atom. The van der Waals surface area contributed by atoms with Crippen molar-refractivity contribution in [2.45, 2.75) is 13.3 Å². The van der Waals surface area contributed by atoms with E-state index in [1.165, 1.54) is 16.7 Å². The molecule has 0 saturated carbocycles. The van der Waals surface area contributed by atoms with Crippen LogP contribution in [0.15, 0.2) is 64.7 Å². The lowest BCUT2D eigenvalue weighted by atomic mass is 10.1. The Morgan fingerprint density at radius 2 is 1.86 bits per heavy atom. The predicted molar refractivity (Wildman–Crippen MR) is 95.8 cm³/mol. The molecule has 4 heteroatoms. The molecule has 0 aromatic heterocycles. The molecule has 0 aliphatic carbocycles. The van der Waals surface area contributed by atoms with Crippen molar-refractivity contribution in [3.05, 3.63) is 71.3 Å². The van der Waals surface area contributed by atoms with Crippen LogP contribution >= 0.6 is 11.8 Å². The van der Waals surface area contributed by atoms with E-state index in [1.807, 2.05) is 6.07 Å². The molecule has 0 spiro atoms. The summed E-state index contributed by atoms with van der Waals surface area (Å²) in [5.74, 6) is 0.861. The van der Waals surface area contributed by atoms with Crippen LogP contribution in [-0.4, -0.2) is 23.2 Å². The van der Waals surface area contributed by atoms with Gasteiger partial charge < -0.3 is 0 Å². The maximum Gasteiger partial charge on any atom is 0.177 e. The van der Waals surface area contributed by atoms with Gasteiger partial charge in [0, 0.05) is 12.3 Å². The molecular weight excluding hydrogens is 290 g/mol. The molecule has 1 aliphatic heterocycles. The van der Waals surface area contributed by atoms with Crippen molar-refractivity contribution in [2.75, 3.05) is 12.3 Å². The fraction of sp³-hybridized carbons (Fsp3) is 0.222. The van der Waals surface area contributed by atoms with Crippen molar-refractivity contribution in [3.8, 4) is 0 Å². The molecule has 0 unspecified atom stereocenters. The molecule has 22 heavy (non-hydrogen) atoms. The number of nitrogens with one attached hydrogen (secondary N) is 1. The molecule has 1 aliphatic rings. The Bertz CT molecular complexity index is 675. The van der Waals surface area contributed by atoms with Gasteiger partial charge in [-0.3, -0.25) is 10.4 Å². The first-order chi connectivity index (χ1) is 10.8. The second kappa shape index (κ2) is 7.27. The third kappa shape index (κ3) is 3.98. The van der Waals surface area contributed by atoms with Crippen LogP contribution in [0.4, 0.5) is 0 Å². The first-order valence-electron chi connectivity index (χ1n) is 7.42. The minimum atomic E-state index is 0.786. The van der Waals surface area contributed by atoms with E-state index in [1.54, 1.807) is 11.8 Å². The second-order valence-electron chi connectivity index (χ2n) is 5.25. The molecule has 112 valence electrons. The summed E-state index contributed by atoms with van der Waals surface area (Å²) in [6, 6.07) is 18.9. The topological polar surface area (TPSA) is 36.8 Å². The summed E-state index contributed by atoms with van der Waals surface area (Å²) in [5, 5.41) is 5.36. The number of rotatable bonds is 4. The fourth-order valence-electron chi connectivity index (χ4n) is 2.22. The zero-order valence-electron chi connectivity index (χ0n) is 12.6. The van der Waals surface area contributed by atoms with Crippen LogP contribution in [0.1, 0.15) is 16.7 Å². The predicted octanol–water partition coefficient (Wildman–Crippen LogP) is 3.63. The monoisotopic (exact) mass is 309 g/mol. The van der Waals surface area contributed by atoms with E-state index >= 15 is 0 Å². The van der Waals surface area contributed by atoms with Crippen molar-refractivity contribution in [1.82, 2.24) is 5.43 Å². The molecule has 0 saturated heterocycles. The Kier molecular flexibility index (Phi) is 4.91. The molecule has 3 rings (SSSR count). The molecule has 3 nitrogen and oxygen atoms in total. The number of aryl methyl sites for hydroxylation is 1. The fourth-order valence-corrected chi connectivity index (χ4v) is 3.02. The van der Waals surface area contributed by atoms with E-state index in [0.717, 1.165) is 29.6 Å². The van der Waals surface area contributed by atoms with E-state index in [2.05, 4.69) is 71.0 Å². The van der Waals surface area contributed by atoms with Crippen molar-refractivity contribution in [1.29, 1.82) is 0 Å². The number of nitrogens with zero attached hydrogens (tertiary/aromatic N) is 2. The van der Waals surface area contributed by atoms with E-state index in [4.69, 9.17) is 0 Å². The van der Waals surface area contributed by atoms with Gasteiger partial charge in [0.05, 0.1) is 5.71 Å². The minimum Gasteiger partial charge on any atom is -0.261 e. The van der Waals surface area contributed by atoms with Gasteiger partial charge in [-0.05, 0) is 24.5 Å². The number of thioether (sulfide) groups is 1. The average molecular weight is 309 g/mol. The van der Waals surface area contributed by atoms with Gasteiger partial charge in [0.1, 0.15) is 0 Å². The summed E-state index contributed by atoms with van der Waals surface area (Å²) in [7, 11) is 0. The maximum absolute atomic E-state index is 4.58. The highest BCUT2D eigenvalue weighted by atomic mass is 32.2. The average Bonchev–Trinajstić information content (AvgIpc) is 2.57. The van der Waals surface area contributed by atoms with Gasteiger partial charge in [-0.15, -0.1) is 0 Å². The van der Waals surface area contributed by atoms with Crippen LogP contribution in [0.25, 0.3) is 0 Å². The first kappa shape index (κ1) is 14.9. The van der Waals surface area contributed by atoms with Crippen LogP contribution in [0, 0.1) is 6.92 Å². The summed E-state index contributed by atoms with van der Waals surface area (Å²) in [6.45, 7) is 2.88. The van der Waals surface area contributed by atoms with Gasteiger partial charge in [0.2, 0.25) is 0 Å². The highest BCUT2D eigenvalue weighted by molar-refractivity contribution is 8.14. The number of hydrogen-bond acceptors (Lipinski definition) is 3. The van der Waals surface area contributed by atoms with Crippen molar-refractivity contribution < 1.29 is 0 Å². The quantitative estimate of drug-likeness (QED) is 0.936. The van der Waals surface area contributed by atoms with Gasteiger partial charge in [0.15, 0.2) is 5.17 Å². The molecule has 0 atom stereocenters. The maximum atomic E-state index is 4.58. The standard InChI is InChI=1S/C18H19N3S/c1-14-7-9-16(10-8-14)17-13-22-18(21-20-17)19-12-11-15-5-3-2-4-6-15/h2-10H,11-13H2,1H3,(H,19,21). The van der Waals surface area contributed by atoms with Crippen LogP contribution in [0.5, 0.6) is 0 Å². The molecule has 0 radical (unpaired) electrons. The summed E-state index contributed by atoms with van der Waals surface area (Å²) in [5.41, 5.74) is 7.90. The van der Waals surface area contributed by atoms with E-state index in [9.17, 15) is 0 Å². The van der Waals surface area contributed by atoms with E-state index in [-0.39, 0.29) is 0 Å². The number of hydrogen-bond donors (Lipinski definition) is 1. The van der Waals surface area contributed by atoms with Crippen molar-refractivity contribution in [2.24, 2.45) is 10.1 Å². The first-order valence-corrected chi connectivity index (χ1v) is 8.40. The zero-order chi connectivity index (χ0) is 15.2. The van der Waals surface area contributed by atoms with Crippen molar-refractivity contribution in [3.63, 3.8) is 0 Å². The lowest BCUT2D eigenvalue weighted by Crippen LogP contribution is -2.25. The zero-order valence-corrected chi connectivity index (χ0v) is 13.4. The smallest absolute Gasteiger partial charge is 0.177 e. The van der Waals surface area contributed by atoms with Gasteiger partial charge >= 0.3 is 0 Å². The van der Waals surface area contributed by atoms with Crippen LogP contribution < -0.4 is 5.43 Å². The number of hydrazone groups is 1. The molecule has 1 heterocycles. The SMILES string of the molecule is Cc1ccc(C2=NNC(=NCCc3ccccc3)SC2)cc1. The third-order valence-corrected chi connectivity index (χ3v) is 4.43. The summed E-state index contributed by atoms with van der Waals surface area (Å²) in [6.07, 6.45) is 0.959. The Morgan fingerprint density at radius 3 is 2.55 bits per heavy atom. The molecule has 2 aromatic carbocycles. The molecule has 0 amide bonds. The molecule has 2 aromatic rings. The lowest BCUT2D eigenvalue weighted by molar-refractivity contribution is 0.942. The molecule has 0 bridgehead atoms. The number of amidine groups is 1. The second-order valence-corrected chi connectivity index (χ2v) is 6.21. The third-order valence-electron chi connectivity index (χ3n) is 3.52. The molecule has 1 N–H and O–H groups in total. The minimum absolute atomic E-state index is 0.786. The summed E-state index contributed by atoms with van der Waals surface area (Å²) < 4.78 is 0. The van der Waals surface area contributed by atoms with E-state index < -0.39 is 0 Å². The Balaban J connectivity index is 1.56. The van der Waals surface area contributed by atoms with Crippen LogP contribution in [0.3, 0.4) is 0 Å². The van der Waals surface area contributed by atoms with Gasteiger partial charge in [-0.25, -0.2) is 0 Å². The summed E-state index contributed by atoms with van der Waals surface area (Å²) in [4.78, 5) is 4.58. The van der Waals surface area contributed by atoms with Gasteiger partial charge in [0.25, 0.3) is 0 Å². The Labute approximate surface area is 135 Å². The number of benzene rings is 2. The normalized spacial score (nSPS) is 16.2. The summed E-state index contributed by atoms with van der Waals surface area (Å²) >= 11 is 1.71. The van der Waals surface area contributed by atoms with Crippen LogP contribution in [0.2, 0.25) is 0 Å². The molecule has 0 fully saturated rings. The Hall–Kier alpha value is -2.07. The van der Waals surface area contributed by atoms with Crippen LogP contribution in [-0.2, 0) is 6.42 Å². The van der Waals surface area contributed by atoms with Gasteiger partial charge in [-0.1, -0.05) is 71.9 Å². The van der Waals surface area contributed by atoms with Gasteiger partial charge in [-0.2, -0.15) is 5.10 Å².